The van der Waals surface area contributed by atoms with Crippen molar-refractivity contribution in [3.63, 3.8) is 0 Å². The lowest BCUT2D eigenvalue weighted by Crippen LogP contribution is -2.45. The molecule has 1 aliphatic rings. The minimum Gasteiger partial charge on any atom is -0.337 e. The van der Waals surface area contributed by atoms with E-state index in [0.29, 0.717) is 18.5 Å². The van der Waals surface area contributed by atoms with Crippen molar-refractivity contribution in [2.45, 2.75) is 32.4 Å². The van der Waals surface area contributed by atoms with Crippen LogP contribution < -0.4 is 5.32 Å². The Hall–Kier alpha value is -0.910. The van der Waals surface area contributed by atoms with Gasteiger partial charge in [0.1, 0.15) is 0 Å². The van der Waals surface area contributed by atoms with Crippen molar-refractivity contribution in [2.24, 2.45) is 5.92 Å². The number of amides is 1. The normalized spacial score (nSPS) is 21.4. The Morgan fingerprint density at radius 1 is 1.26 bits per heavy atom. The molecule has 1 aliphatic heterocycles. The molecule has 0 saturated carbocycles. The van der Waals surface area contributed by atoms with E-state index in [-0.39, 0.29) is 5.92 Å². The third kappa shape index (κ3) is 5.90. The molecule has 128 valence electrons. The average Bonchev–Trinajstić information content (AvgIpc) is 2.52. The summed E-state index contributed by atoms with van der Waals surface area (Å²) in [5.74, 6) is 0.465. The second-order valence-electron chi connectivity index (χ2n) is 6.77. The SMILES string of the molecule is C[C@H]1C[C@@H](C(=O)N(CCN(C)C)Cc2ccc(Br)cc2)CCN1. The van der Waals surface area contributed by atoms with Crippen LogP contribution in [0.5, 0.6) is 0 Å². The summed E-state index contributed by atoms with van der Waals surface area (Å²) < 4.78 is 1.07. The van der Waals surface area contributed by atoms with E-state index in [9.17, 15) is 4.79 Å². The first-order chi connectivity index (χ1) is 11.0. The Labute approximate surface area is 148 Å². The number of nitrogens with zero attached hydrogens (tertiary/aromatic N) is 2. The fourth-order valence-corrected chi connectivity index (χ4v) is 3.28. The summed E-state index contributed by atoms with van der Waals surface area (Å²) >= 11 is 3.47. The molecule has 1 fully saturated rings. The molecule has 5 heteroatoms. The number of hydrogen-bond acceptors (Lipinski definition) is 3. The van der Waals surface area contributed by atoms with Gasteiger partial charge in [-0.05, 0) is 58.1 Å². The summed E-state index contributed by atoms with van der Waals surface area (Å²) in [4.78, 5) is 17.2. The van der Waals surface area contributed by atoms with Crippen LogP contribution in [0.4, 0.5) is 0 Å². The van der Waals surface area contributed by atoms with Gasteiger partial charge < -0.3 is 15.1 Å². The zero-order chi connectivity index (χ0) is 16.8. The van der Waals surface area contributed by atoms with Gasteiger partial charge in [-0.25, -0.2) is 0 Å². The van der Waals surface area contributed by atoms with E-state index < -0.39 is 0 Å². The van der Waals surface area contributed by atoms with Gasteiger partial charge in [-0.2, -0.15) is 0 Å². The highest BCUT2D eigenvalue weighted by Crippen LogP contribution is 2.20. The van der Waals surface area contributed by atoms with E-state index in [1.54, 1.807) is 0 Å². The first-order valence-electron chi connectivity index (χ1n) is 8.37. The van der Waals surface area contributed by atoms with E-state index in [4.69, 9.17) is 0 Å². The Morgan fingerprint density at radius 3 is 2.57 bits per heavy atom. The number of carbonyl (C=O) groups is 1. The van der Waals surface area contributed by atoms with Crippen molar-refractivity contribution in [3.05, 3.63) is 34.3 Å². The van der Waals surface area contributed by atoms with Gasteiger partial charge in [0.15, 0.2) is 0 Å². The molecule has 1 amide bonds. The number of benzene rings is 1. The molecule has 2 atom stereocenters. The predicted octanol–water partition coefficient (Wildman–Crippen LogP) is 2.73. The second-order valence-corrected chi connectivity index (χ2v) is 7.68. The monoisotopic (exact) mass is 381 g/mol. The summed E-state index contributed by atoms with van der Waals surface area (Å²) in [5, 5.41) is 3.43. The fraction of sp³-hybridized carbons (Fsp3) is 0.611. The van der Waals surface area contributed by atoms with Gasteiger partial charge in [0, 0.05) is 36.1 Å². The van der Waals surface area contributed by atoms with Gasteiger partial charge in [-0.1, -0.05) is 28.1 Å². The number of rotatable bonds is 6. The molecule has 1 heterocycles. The van der Waals surface area contributed by atoms with Crippen molar-refractivity contribution in [3.8, 4) is 0 Å². The summed E-state index contributed by atoms with van der Waals surface area (Å²) in [7, 11) is 4.10. The topological polar surface area (TPSA) is 35.6 Å². The summed E-state index contributed by atoms with van der Waals surface area (Å²) in [6.45, 7) is 5.47. The molecule has 23 heavy (non-hydrogen) atoms. The van der Waals surface area contributed by atoms with Crippen molar-refractivity contribution in [2.75, 3.05) is 33.7 Å². The van der Waals surface area contributed by atoms with E-state index >= 15 is 0 Å². The average molecular weight is 382 g/mol. The van der Waals surface area contributed by atoms with Gasteiger partial charge in [-0.3, -0.25) is 4.79 Å². The molecule has 0 spiro atoms. The van der Waals surface area contributed by atoms with Crippen LogP contribution in [0.15, 0.2) is 28.7 Å². The highest BCUT2D eigenvalue weighted by Gasteiger charge is 2.28. The van der Waals surface area contributed by atoms with Crippen LogP contribution in [0.3, 0.4) is 0 Å². The number of halogens is 1. The third-order valence-corrected chi connectivity index (χ3v) is 4.92. The first-order valence-corrected chi connectivity index (χ1v) is 9.16. The van der Waals surface area contributed by atoms with E-state index in [1.807, 2.05) is 17.0 Å². The fourth-order valence-electron chi connectivity index (χ4n) is 3.01. The molecule has 1 aromatic carbocycles. The maximum atomic E-state index is 13.0. The van der Waals surface area contributed by atoms with Crippen molar-refractivity contribution < 1.29 is 4.79 Å². The van der Waals surface area contributed by atoms with Crippen LogP contribution in [0.1, 0.15) is 25.3 Å². The van der Waals surface area contributed by atoms with Crippen molar-refractivity contribution in [1.82, 2.24) is 15.1 Å². The van der Waals surface area contributed by atoms with Crippen LogP contribution in [-0.4, -0.2) is 55.5 Å². The predicted molar refractivity (Wildman–Crippen MR) is 98.3 cm³/mol. The summed E-state index contributed by atoms with van der Waals surface area (Å²) in [6, 6.07) is 8.68. The lowest BCUT2D eigenvalue weighted by Gasteiger charge is -2.33. The number of carbonyl (C=O) groups excluding carboxylic acids is 1. The number of likely N-dealkylation sites (N-methyl/N-ethyl adjacent to an activating group) is 1. The van der Waals surface area contributed by atoms with Crippen molar-refractivity contribution >= 4 is 21.8 Å². The first kappa shape index (κ1) is 18.4. The number of piperidine rings is 1. The van der Waals surface area contributed by atoms with Gasteiger partial charge in [0.25, 0.3) is 0 Å². The smallest absolute Gasteiger partial charge is 0.226 e. The summed E-state index contributed by atoms with van der Waals surface area (Å²) in [5.41, 5.74) is 1.18. The Balaban J connectivity index is 2.05. The Kier molecular flexibility index (Phi) is 7.06. The van der Waals surface area contributed by atoms with Crippen LogP contribution in [0, 0.1) is 5.92 Å². The lowest BCUT2D eigenvalue weighted by atomic mass is 9.92. The minimum absolute atomic E-state index is 0.156. The maximum Gasteiger partial charge on any atom is 0.226 e. The Morgan fingerprint density at radius 2 is 1.96 bits per heavy atom. The highest BCUT2D eigenvalue weighted by atomic mass is 79.9. The Bertz CT molecular complexity index is 503. The molecule has 1 saturated heterocycles. The molecular weight excluding hydrogens is 354 g/mol. The van der Waals surface area contributed by atoms with Crippen LogP contribution in [0.25, 0.3) is 0 Å². The molecule has 0 aromatic heterocycles. The lowest BCUT2D eigenvalue weighted by molar-refractivity contribution is -0.137. The van der Waals surface area contributed by atoms with Gasteiger partial charge >= 0.3 is 0 Å². The zero-order valence-electron chi connectivity index (χ0n) is 14.4. The van der Waals surface area contributed by atoms with E-state index in [2.05, 4.69) is 59.3 Å². The molecule has 0 radical (unpaired) electrons. The van der Waals surface area contributed by atoms with Crippen LogP contribution >= 0.6 is 15.9 Å². The number of nitrogens with one attached hydrogen (secondary N) is 1. The van der Waals surface area contributed by atoms with Crippen LogP contribution in [-0.2, 0) is 11.3 Å². The summed E-state index contributed by atoms with van der Waals surface area (Å²) in [6.07, 6.45) is 1.89. The molecule has 2 rings (SSSR count). The molecule has 4 nitrogen and oxygen atoms in total. The molecule has 1 aromatic rings. The van der Waals surface area contributed by atoms with E-state index in [0.717, 1.165) is 36.9 Å². The quantitative estimate of drug-likeness (QED) is 0.822. The highest BCUT2D eigenvalue weighted by molar-refractivity contribution is 9.10. The minimum atomic E-state index is 0.156. The maximum absolute atomic E-state index is 13.0. The third-order valence-electron chi connectivity index (χ3n) is 4.39. The standard InChI is InChI=1S/C18H28BrN3O/c1-14-12-16(8-9-20-14)18(23)22(11-10-21(2)3)13-15-4-6-17(19)7-5-15/h4-7,14,16,20H,8-13H2,1-3H3/t14-,16-/m0/s1. The molecule has 0 bridgehead atoms. The van der Waals surface area contributed by atoms with Gasteiger partial charge in [0.2, 0.25) is 5.91 Å². The van der Waals surface area contributed by atoms with Crippen LogP contribution in [0.2, 0.25) is 0 Å². The molecule has 1 N–H and O–H groups in total. The largest absolute Gasteiger partial charge is 0.337 e. The molecule has 0 aliphatic carbocycles. The van der Waals surface area contributed by atoms with Gasteiger partial charge in [0.05, 0.1) is 0 Å². The van der Waals surface area contributed by atoms with Crippen molar-refractivity contribution in [1.29, 1.82) is 0 Å². The second kappa shape index (κ2) is 8.81. The van der Waals surface area contributed by atoms with E-state index in [1.165, 1.54) is 5.56 Å². The molecular formula is C18H28BrN3O. The number of hydrogen-bond donors (Lipinski definition) is 1. The molecule has 0 unspecified atom stereocenters. The zero-order valence-corrected chi connectivity index (χ0v) is 16.0. The van der Waals surface area contributed by atoms with Gasteiger partial charge in [-0.15, -0.1) is 0 Å².